The number of carbonyl (C=O) groups is 1. The number of hydrazone groups is 1. The van der Waals surface area contributed by atoms with Gasteiger partial charge < -0.3 is 14.2 Å². The molecule has 0 spiro atoms. The van der Waals surface area contributed by atoms with Crippen LogP contribution in [0, 0.1) is 0 Å². The van der Waals surface area contributed by atoms with E-state index in [1.807, 2.05) is 78.2 Å². The van der Waals surface area contributed by atoms with Gasteiger partial charge in [0.2, 0.25) is 5.75 Å². The van der Waals surface area contributed by atoms with Crippen LogP contribution in [0.4, 0.5) is 0 Å². The number of amides is 1. The van der Waals surface area contributed by atoms with Gasteiger partial charge >= 0.3 is 0 Å². The van der Waals surface area contributed by atoms with Gasteiger partial charge in [-0.15, -0.1) is 10.2 Å². The van der Waals surface area contributed by atoms with Crippen molar-refractivity contribution in [1.29, 1.82) is 0 Å². The molecule has 5 aromatic rings. The number of fused-ring (bicyclic) bond motifs is 1. The lowest BCUT2D eigenvalue weighted by Gasteiger charge is -2.15. The smallest absolute Gasteiger partial charge is 0.250 e. The summed E-state index contributed by atoms with van der Waals surface area (Å²) in [6.45, 7) is 1.87. The first-order valence-electron chi connectivity index (χ1n) is 12.8. The normalized spacial score (nSPS) is 11.4. The van der Waals surface area contributed by atoms with E-state index in [4.69, 9.17) is 14.2 Å². The van der Waals surface area contributed by atoms with Crippen molar-refractivity contribution < 1.29 is 19.0 Å². The second-order valence-corrected chi connectivity index (χ2v) is 9.92. The lowest BCUT2D eigenvalue weighted by Crippen LogP contribution is -2.21. The van der Waals surface area contributed by atoms with Crippen LogP contribution < -0.4 is 19.6 Å². The van der Waals surface area contributed by atoms with Gasteiger partial charge in [-0.05, 0) is 53.6 Å². The zero-order chi connectivity index (χ0) is 28.8. The van der Waals surface area contributed by atoms with Crippen molar-refractivity contribution in [3.8, 4) is 34.3 Å². The molecule has 0 saturated carbocycles. The minimum atomic E-state index is -0.257. The maximum Gasteiger partial charge on any atom is 0.250 e. The highest BCUT2D eigenvalue weighted by Crippen LogP contribution is 2.41. The number of para-hydroxylation sites is 1. The van der Waals surface area contributed by atoms with E-state index in [1.54, 1.807) is 21.3 Å². The summed E-state index contributed by atoms with van der Waals surface area (Å²) in [5, 5.41) is 16.0. The number of rotatable bonds is 10. The molecule has 0 bridgehead atoms. The Morgan fingerprint density at radius 3 is 2.22 bits per heavy atom. The monoisotopic (exact) mass is 567 g/mol. The van der Waals surface area contributed by atoms with E-state index in [9.17, 15) is 4.79 Å². The van der Waals surface area contributed by atoms with Crippen LogP contribution in [0.3, 0.4) is 0 Å². The number of ether oxygens (including phenoxy) is 3. The summed E-state index contributed by atoms with van der Waals surface area (Å²) in [7, 11) is 4.68. The van der Waals surface area contributed by atoms with Crippen molar-refractivity contribution in [3.63, 3.8) is 0 Å². The number of nitrogens with one attached hydrogen (secondary N) is 1. The van der Waals surface area contributed by atoms with E-state index < -0.39 is 0 Å². The third-order valence-corrected chi connectivity index (χ3v) is 7.35. The van der Waals surface area contributed by atoms with E-state index in [-0.39, 0.29) is 11.7 Å². The average Bonchev–Trinajstić information content (AvgIpc) is 3.46. The fraction of sp³-hybridized carbons (Fsp3) is 0.161. The Kier molecular flexibility index (Phi) is 8.50. The van der Waals surface area contributed by atoms with Crippen LogP contribution in [-0.2, 0) is 4.79 Å². The Labute approximate surface area is 242 Å². The standard InChI is InChI=1S/C31H29N5O4S/c1-20(22-15-14-21-10-8-9-11-23(21)16-22)32-33-28(37)19-41-31-35-34-30(36(31)25-12-6-5-7-13-25)24-17-26(38-2)29(40-4)27(18-24)39-3/h5-18H,19H2,1-4H3,(H,33,37)/b32-20+. The SMILES string of the molecule is COc1cc(-c2nnc(SCC(=O)N/N=C(\C)c3ccc4ccccc4c3)n2-c2ccccc2)cc(OC)c1OC. The quantitative estimate of drug-likeness (QED) is 0.130. The van der Waals surface area contributed by atoms with Gasteiger partial charge in [0.15, 0.2) is 22.5 Å². The first-order chi connectivity index (χ1) is 20.0. The van der Waals surface area contributed by atoms with Gasteiger partial charge in [-0.3, -0.25) is 9.36 Å². The Balaban J connectivity index is 1.38. The molecule has 4 aromatic carbocycles. The highest BCUT2D eigenvalue weighted by atomic mass is 32.2. The predicted octanol–water partition coefficient (Wildman–Crippen LogP) is 5.75. The number of aromatic nitrogens is 3. The van der Waals surface area contributed by atoms with Gasteiger partial charge in [-0.2, -0.15) is 5.10 Å². The van der Waals surface area contributed by atoms with Crippen LogP contribution in [0.25, 0.3) is 27.8 Å². The van der Waals surface area contributed by atoms with E-state index in [1.165, 1.54) is 11.8 Å². The number of benzene rings is 4. The zero-order valence-corrected chi connectivity index (χ0v) is 23.9. The fourth-order valence-electron chi connectivity index (χ4n) is 4.36. The number of carbonyl (C=O) groups excluding carboxylic acids is 1. The van der Waals surface area contributed by atoms with E-state index >= 15 is 0 Å². The van der Waals surface area contributed by atoms with Gasteiger partial charge in [0, 0.05) is 11.3 Å². The number of hydrogen-bond acceptors (Lipinski definition) is 8. The van der Waals surface area contributed by atoms with Crippen LogP contribution in [0.1, 0.15) is 12.5 Å². The van der Waals surface area contributed by atoms with Crippen molar-refractivity contribution in [1.82, 2.24) is 20.2 Å². The molecule has 208 valence electrons. The lowest BCUT2D eigenvalue weighted by atomic mass is 10.0. The minimum Gasteiger partial charge on any atom is -0.493 e. The molecule has 0 radical (unpaired) electrons. The molecule has 0 aliphatic rings. The molecule has 0 aliphatic carbocycles. The van der Waals surface area contributed by atoms with Crippen molar-refractivity contribution in [2.24, 2.45) is 5.10 Å². The van der Waals surface area contributed by atoms with E-state index in [0.717, 1.165) is 22.0 Å². The summed E-state index contributed by atoms with van der Waals surface area (Å²) in [4.78, 5) is 12.8. The lowest BCUT2D eigenvalue weighted by molar-refractivity contribution is -0.118. The number of nitrogens with zero attached hydrogens (tertiary/aromatic N) is 4. The fourth-order valence-corrected chi connectivity index (χ4v) is 5.10. The molecule has 0 atom stereocenters. The molecule has 10 heteroatoms. The van der Waals surface area contributed by atoms with Crippen LogP contribution in [0.15, 0.2) is 95.2 Å². The summed E-state index contributed by atoms with van der Waals surface area (Å²) in [5.74, 6) is 1.87. The Morgan fingerprint density at radius 2 is 1.54 bits per heavy atom. The third-order valence-electron chi connectivity index (χ3n) is 6.42. The first kappa shape index (κ1) is 27.7. The predicted molar refractivity (Wildman–Crippen MR) is 161 cm³/mol. The van der Waals surface area contributed by atoms with Gasteiger partial charge in [0.25, 0.3) is 5.91 Å². The largest absolute Gasteiger partial charge is 0.493 e. The average molecular weight is 568 g/mol. The van der Waals surface area contributed by atoms with Crippen LogP contribution in [0.2, 0.25) is 0 Å². The third kappa shape index (κ3) is 6.02. The number of methoxy groups -OCH3 is 3. The summed E-state index contributed by atoms with van der Waals surface area (Å²) in [6, 6.07) is 27.5. The van der Waals surface area contributed by atoms with Crippen molar-refractivity contribution in [2.45, 2.75) is 12.1 Å². The topological polar surface area (TPSA) is 99.9 Å². The van der Waals surface area contributed by atoms with E-state index in [0.29, 0.717) is 39.5 Å². The zero-order valence-electron chi connectivity index (χ0n) is 23.1. The minimum absolute atomic E-state index is 0.0920. The van der Waals surface area contributed by atoms with Gasteiger partial charge in [0.05, 0.1) is 32.8 Å². The highest BCUT2D eigenvalue weighted by Gasteiger charge is 2.21. The molecule has 0 saturated heterocycles. The molecule has 1 N–H and O–H groups in total. The van der Waals surface area contributed by atoms with Crippen molar-refractivity contribution in [3.05, 3.63) is 90.5 Å². The molecule has 0 aliphatic heterocycles. The molecule has 9 nitrogen and oxygen atoms in total. The number of hydrogen-bond donors (Lipinski definition) is 1. The molecule has 41 heavy (non-hydrogen) atoms. The maximum atomic E-state index is 12.8. The summed E-state index contributed by atoms with van der Waals surface area (Å²) >= 11 is 1.26. The maximum absolute atomic E-state index is 12.8. The number of thioether (sulfide) groups is 1. The van der Waals surface area contributed by atoms with Crippen LogP contribution >= 0.6 is 11.8 Å². The second kappa shape index (κ2) is 12.6. The Morgan fingerprint density at radius 1 is 0.854 bits per heavy atom. The molecule has 0 fully saturated rings. The molecule has 1 heterocycles. The first-order valence-corrected chi connectivity index (χ1v) is 13.8. The Hall–Kier alpha value is -4.83. The molecule has 1 aromatic heterocycles. The highest BCUT2D eigenvalue weighted by molar-refractivity contribution is 7.99. The summed E-state index contributed by atoms with van der Waals surface area (Å²) < 4.78 is 18.4. The van der Waals surface area contributed by atoms with Crippen molar-refractivity contribution in [2.75, 3.05) is 27.1 Å². The van der Waals surface area contributed by atoms with Crippen LogP contribution in [0.5, 0.6) is 17.2 Å². The molecule has 5 rings (SSSR count). The van der Waals surface area contributed by atoms with E-state index in [2.05, 4.69) is 38.9 Å². The molecule has 1 amide bonds. The summed E-state index contributed by atoms with van der Waals surface area (Å²) in [5.41, 5.74) is 5.87. The second-order valence-electron chi connectivity index (χ2n) is 8.97. The molecule has 0 unspecified atom stereocenters. The summed E-state index contributed by atoms with van der Waals surface area (Å²) in [6.07, 6.45) is 0. The van der Waals surface area contributed by atoms with Gasteiger partial charge in [0.1, 0.15) is 0 Å². The molecular formula is C31H29N5O4S. The Bertz CT molecular complexity index is 1690. The van der Waals surface area contributed by atoms with Gasteiger partial charge in [-0.25, -0.2) is 5.43 Å². The van der Waals surface area contributed by atoms with Crippen LogP contribution in [-0.4, -0.2) is 53.5 Å². The molecular weight excluding hydrogens is 538 g/mol. The van der Waals surface area contributed by atoms with Crippen molar-refractivity contribution >= 4 is 34.2 Å². The van der Waals surface area contributed by atoms with Gasteiger partial charge in [-0.1, -0.05) is 66.4 Å².